The highest BCUT2D eigenvalue weighted by atomic mass is 79.9. The molecule has 0 atom stereocenters. The van der Waals surface area contributed by atoms with Crippen LogP contribution in [0, 0.1) is 0 Å². The molecule has 2 rings (SSSR count). The first-order valence-electron chi connectivity index (χ1n) is 5.56. The van der Waals surface area contributed by atoms with Gasteiger partial charge in [0.25, 0.3) is 10.0 Å². The van der Waals surface area contributed by atoms with Crippen LogP contribution in [0.5, 0.6) is 0 Å². The highest BCUT2D eigenvalue weighted by molar-refractivity contribution is 9.10. The van der Waals surface area contributed by atoms with Crippen molar-refractivity contribution in [2.75, 3.05) is 4.72 Å². The van der Waals surface area contributed by atoms with E-state index in [1.807, 2.05) is 0 Å². The summed E-state index contributed by atoms with van der Waals surface area (Å²) in [6.45, 7) is -0.391. The topological polar surface area (TPSA) is 79.3 Å². The van der Waals surface area contributed by atoms with Gasteiger partial charge < -0.3 is 5.11 Å². The number of aliphatic hydroxyl groups is 1. The zero-order valence-electron chi connectivity index (χ0n) is 10.3. The summed E-state index contributed by atoms with van der Waals surface area (Å²) in [5, 5.41) is 9.34. The molecule has 21 heavy (non-hydrogen) atoms. The number of aliphatic hydroxyl groups excluding tert-OH is 1. The van der Waals surface area contributed by atoms with Gasteiger partial charge in [-0.25, -0.2) is 8.42 Å². The third kappa shape index (κ3) is 3.67. The van der Waals surface area contributed by atoms with Crippen LogP contribution in [0.1, 0.15) is 5.56 Å². The van der Waals surface area contributed by atoms with E-state index in [-0.39, 0.29) is 20.5 Å². The Bertz CT molecular complexity index is 784. The van der Waals surface area contributed by atoms with Crippen LogP contribution in [-0.4, -0.2) is 18.5 Å². The Morgan fingerprint density at radius 2 is 2.00 bits per heavy atom. The number of sulfonamides is 1. The summed E-state index contributed by atoms with van der Waals surface area (Å²) < 4.78 is 27.7. The molecule has 1 aromatic carbocycles. The molecule has 112 valence electrons. The Morgan fingerprint density at radius 1 is 1.29 bits per heavy atom. The summed E-state index contributed by atoms with van der Waals surface area (Å²) in [5.41, 5.74) is 0.594. The molecule has 2 N–H and O–H groups in total. The van der Waals surface area contributed by atoms with Gasteiger partial charge in [0.2, 0.25) is 0 Å². The zero-order valence-corrected chi connectivity index (χ0v) is 14.3. The molecule has 0 bridgehead atoms. The Kier molecular flexibility index (Phi) is 5.11. The fourth-order valence-corrected chi connectivity index (χ4v) is 3.97. The predicted molar refractivity (Wildman–Crippen MR) is 85.1 cm³/mol. The van der Waals surface area contributed by atoms with E-state index in [1.54, 1.807) is 0 Å². The highest BCUT2D eigenvalue weighted by Gasteiger charge is 2.21. The van der Waals surface area contributed by atoms with Gasteiger partial charge in [-0.15, -0.1) is 0 Å². The number of pyridine rings is 1. The molecule has 0 spiro atoms. The van der Waals surface area contributed by atoms with Crippen molar-refractivity contribution in [2.24, 2.45) is 0 Å². The van der Waals surface area contributed by atoms with Crippen LogP contribution >= 0.6 is 39.1 Å². The first-order valence-corrected chi connectivity index (χ1v) is 8.59. The fourth-order valence-electron chi connectivity index (χ4n) is 1.56. The molecule has 5 nitrogen and oxygen atoms in total. The normalized spacial score (nSPS) is 11.4. The van der Waals surface area contributed by atoms with Gasteiger partial charge >= 0.3 is 0 Å². The van der Waals surface area contributed by atoms with E-state index < -0.39 is 16.6 Å². The third-order valence-corrected chi connectivity index (χ3v) is 5.39. The van der Waals surface area contributed by atoms with Gasteiger partial charge in [-0.2, -0.15) is 0 Å². The maximum absolute atomic E-state index is 12.4. The fraction of sp³-hybridized carbons (Fsp3) is 0.0833. The SMILES string of the molecule is O=S(=O)(Nc1ccncc1Br)c1cc(CO)c(Cl)cc1Cl. The van der Waals surface area contributed by atoms with Crippen molar-refractivity contribution in [1.82, 2.24) is 4.98 Å². The van der Waals surface area contributed by atoms with Gasteiger partial charge in [0.15, 0.2) is 0 Å². The summed E-state index contributed by atoms with van der Waals surface area (Å²) in [6.07, 6.45) is 2.91. The van der Waals surface area contributed by atoms with Crippen LogP contribution in [0.2, 0.25) is 10.0 Å². The number of anilines is 1. The Morgan fingerprint density at radius 3 is 2.62 bits per heavy atom. The first kappa shape index (κ1) is 16.5. The lowest BCUT2D eigenvalue weighted by Gasteiger charge is -2.12. The predicted octanol–water partition coefficient (Wildman–Crippen LogP) is 3.44. The third-order valence-electron chi connectivity index (χ3n) is 2.58. The summed E-state index contributed by atoms with van der Waals surface area (Å²) in [5.74, 6) is 0. The molecule has 0 aliphatic heterocycles. The molecule has 0 saturated carbocycles. The highest BCUT2D eigenvalue weighted by Crippen LogP contribution is 2.31. The molecule has 0 saturated heterocycles. The average Bonchev–Trinajstić information content (AvgIpc) is 2.41. The van der Waals surface area contributed by atoms with Crippen LogP contribution in [0.25, 0.3) is 0 Å². The maximum atomic E-state index is 12.4. The van der Waals surface area contributed by atoms with E-state index in [0.717, 1.165) is 0 Å². The lowest BCUT2D eigenvalue weighted by molar-refractivity contribution is 0.281. The minimum absolute atomic E-state index is 0.0325. The standard InChI is InChI=1S/C12H9BrCl2N2O3S/c13-8-5-16-2-1-11(8)17-21(19,20)12-3-7(6-18)9(14)4-10(12)15/h1-5,18H,6H2,(H,16,17). The van der Waals surface area contributed by atoms with Crippen molar-refractivity contribution in [3.8, 4) is 0 Å². The Balaban J connectivity index is 2.47. The largest absolute Gasteiger partial charge is 0.392 e. The molecule has 0 amide bonds. The van der Waals surface area contributed by atoms with Crippen LogP contribution in [-0.2, 0) is 16.6 Å². The molecule has 1 heterocycles. The van der Waals surface area contributed by atoms with Crippen molar-refractivity contribution < 1.29 is 13.5 Å². The number of nitrogens with zero attached hydrogens (tertiary/aromatic N) is 1. The van der Waals surface area contributed by atoms with Gasteiger partial charge in [0.05, 0.1) is 21.8 Å². The second kappa shape index (κ2) is 6.50. The van der Waals surface area contributed by atoms with Gasteiger partial charge in [0.1, 0.15) is 4.90 Å². The van der Waals surface area contributed by atoms with Crippen molar-refractivity contribution in [2.45, 2.75) is 11.5 Å². The van der Waals surface area contributed by atoms with E-state index >= 15 is 0 Å². The lowest BCUT2D eigenvalue weighted by Crippen LogP contribution is -2.14. The lowest BCUT2D eigenvalue weighted by atomic mass is 10.2. The average molecular weight is 412 g/mol. The number of hydrogen-bond donors (Lipinski definition) is 2. The molecular formula is C12H9BrCl2N2O3S. The van der Waals surface area contributed by atoms with Crippen LogP contribution < -0.4 is 4.72 Å². The summed E-state index contributed by atoms with van der Waals surface area (Å²) in [4.78, 5) is 3.68. The Labute approximate surface area is 140 Å². The molecular weight excluding hydrogens is 403 g/mol. The molecule has 0 radical (unpaired) electrons. The molecule has 1 aromatic heterocycles. The number of nitrogens with one attached hydrogen (secondary N) is 1. The molecule has 0 aliphatic rings. The second-order valence-electron chi connectivity index (χ2n) is 3.99. The molecule has 0 unspecified atom stereocenters. The number of benzene rings is 1. The van der Waals surface area contributed by atoms with Gasteiger partial charge in [-0.3, -0.25) is 9.71 Å². The monoisotopic (exact) mass is 410 g/mol. The smallest absolute Gasteiger partial charge is 0.263 e. The molecule has 2 aromatic rings. The van der Waals surface area contributed by atoms with Gasteiger partial charge in [-0.1, -0.05) is 23.2 Å². The van der Waals surface area contributed by atoms with E-state index in [0.29, 0.717) is 10.2 Å². The summed E-state index contributed by atoms with van der Waals surface area (Å²) >= 11 is 15.0. The maximum Gasteiger partial charge on any atom is 0.263 e. The molecule has 0 aliphatic carbocycles. The number of hydrogen-bond acceptors (Lipinski definition) is 4. The zero-order chi connectivity index (χ0) is 15.6. The second-order valence-corrected chi connectivity index (χ2v) is 7.31. The number of halogens is 3. The number of aromatic nitrogens is 1. The molecule has 0 fully saturated rings. The number of rotatable bonds is 4. The Hall–Kier alpha value is -0.860. The van der Waals surface area contributed by atoms with Crippen LogP contribution in [0.4, 0.5) is 5.69 Å². The minimum Gasteiger partial charge on any atom is -0.392 e. The first-order chi connectivity index (χ1) is 9.85. The van der Waals surface area contributed by atoms with E-state index in [1.165, 1.54) is 30.6 Å². The van der Waals surface area contributed by atoms with Crippen LogP contribution in [0.15, 0.2) is 40.0 Å². The van der Waals surface area contributed by atoms with E-state index in [4.69, 9.17) is 23.2 Å². The van der Waals surface area contributed by atoms with E-state index in [9.17, 15) is 13.5 Å². The summed E-state index contributed by atoms with van der Waals surface area (Å²) in [7, 11) is -3.93. The minimum atomic E-state index is -3.93. The summed E-state index contributed by atoms with van der Waals surface area (Å²) in [6, 6.07) is 4.02. The van der Waals surface area contributed by atoms with Crippen molar-refractivity contribution >= 4 is 54.8 Å². The quantitative estimate of drug-likeness (QED) is 0.807. The molecule has 9 heteroatoms. The van der Waals surface area contributed by atoms with Gasteiger partial charge in [0, 0.05) is 17.4 Å². The van der Waals surface area contributed by atoms with Crippen LogP contribution in [0.3, 0.4) is 0 Å². The van der Waals surface area contributed by atoms with E-state index in [2.05, 4.69) is 25.6 Å². The van der Waals surface area contributed by atoms with Crippen molar-refractivity contribution in [1.29, 1.82) is 0 Å². The van der Waals surface area contributed by atoms with Gasteiger partial charge in [-0.05, 0) is 39.7 Å². The van der Waals surface area contributed by atoms with Crippen molar-refractivity contribution in [3.05, 3.63) is 50.7 Å². The van der Waals surface area contributed by atoms with Crippen molar-refractivity contribution in [3.63, 3.8) is 0 Å².